The van der Waals surface area contributed by atoms with Crippen LogP contribution in [0.15, 0.2) is 30.3 Å². The van der Waals surface area contributed by atoms with E-state index in [-0.39, 0.29) is 11.9 Å². The third-order valence-corrected chi connectivity index (χ3v) is 4.22. The quantitative estimate of drug-likeness (QED) is 0.716. The Bertz CT molecular complexity index is 466. The van der Waals surface area contributed by atoms with Gasteiger partial charge in [-0.05, 0) is 24.8 Å². The van der Waals surface area contributed by atoms with Crippen LogP contribution < -0.4 is 10.9 Å². The number of rotatable bonds is 7. The normalized spacial score (nSPS) is 22.5. The molecule has 0 spiro atoms. The molecule has 5 nitrogen and oxygen atoms in total. The van der Waals surface area contributed by atoms with Crippen molar-refractivity contribution in [1.29, 1.82) is 0 Å². The van der Waals surface area contributed by atoms with Crippen molar-refractivity contribution in [2.24, 2.45) is 0 Å². The number of carbonyl (C=O) groups is 1. The van der Waals surface area contributed by atoms with Crippen LogP contribution in [0.5, 0.6) is 0 Å². The summed E-state index contributed by atoms with van der Waals surface area (Å²) in [4.78, 5) is 14.1. The van der Waals surface area contributed by atoms with Crippen molar-refractivity contribution in [1.82, 2.24) is 15.8 Å². The first-order chi connectivity index (χ1) is 10.6. The van der Waals surface area contributed by atoms with Gasteiger partial charge in [0.2, 0.25) is 5.91 Å². The maximum atomic E-state index is 12.4. The molecule has 5 heteroatoms. The first-order valence-electron chi connectivity index (χ1n) is 8.10. The molecule has 0 bridgehead atoms. The van der Waals surface area contributed by atoms with Crippen LogP contribution in [0.2, 0.25) is 0 Å². The van der Waals surface area contributed by atoms with Crippen molar-refractivity contribution in [2.45, 2.75) is 50.8 Å². The molecular weight excluding hydrogens is 278 g/mol. The summed E-state index contributed by atoms with van der Waals surface area (Å²) in [5.41, 5.74) is 7.17. The SMILES string of the molecule is CCCC1CC(C(=O)N(C)CCC(O)c2ccccc2)NN1. The van der Waals surface area contributed by atoms with E-state index in [4.69, 9.17) is 0 Å². The van der Waals surface area contributed by atoms with Gasteiger partial charge >= 0.3 is 0 Å². The van der Waals surface area contributed by atoms with Crippen molar-refractivity contribution in [3.05, 3.63) is 35.9 Å². The number of hydrogen-bond acceptors (Lipinski definition) is 4. The molecule has 1 aromatic rings. The van der Waals surface area contributed by atoms with Gasteiger partial charge in [-0.15, -0.1) is 0 Å². The summed E-state index contributed by atoms with van der Waals surface area (Å²) in [7, 11) is 1.80. The standard InChI is InChI=1S/C17H27N3O2/c1-3-7-14-12-15(19-18-14)17(22)20(2)11-10-16(21)13-8-5-4-6-9-13/h4-6,8-9,14-16,18-19,21H,3,7,10-12H2,1-2H3. The van der Waals surface area contributed by atoms with Crippen molar-refractivity contribution >= 4 is 5.91 Å². The van der Waals surface area contributed by atoms with Crippen LogP contribution in [0, 0.1) is 0 Å². The number of hydrogen-bond donors (Lipinski definition) is 3. The van der Waals surface area contributed by atoms with E-state index in [1.165, 1.54) is 0 Å². The highest BCUT2D eigenvalue weighted by atomic mass is 16.3. The summed E-state index contributed by atoms with van der Waals surface area (Å²) in [6.07, 6.45) is 3.04. The largest absolute Gasteiger partial charge is 0.388 e. The highest BCUT2D eigenvalue weighted by molar-refractivity contribution is 5.81. The molecule has 0 aromatic heterocycles. The molecule has 1 amide bonds. The Morgan fingerprint density at radius 3 is 2.77 bits per heavy atom. The molecule has 0 saturated carbocycles. The van der Waals surface area contributed by atoms with Crippen LogP contribution in [-0.2, 0) is 4.79 Å². The van der Waals surface area contributed by atoms with Gasteiger partial charge < -0.3 is 10.0 Å². The molecule has 3 unspecified atom stereocenters. The van der Waals surface area contributed by atoms with Gasteiger partial charge in [0, 0.05) is 19.6 Å². The summed E-state index contributed by atoms with van der Waals surface area (Å²) in [6, 6.07) is 9.79. The average molecular weight is 305 g/mol. The van der Waals surface area contributed by atoms with Crippen LogP contribution in [-0.4, -0.2) is 41.6 Å². The summed E-state index contributed by atoms with van der Waals surface area (Å²) < 4.78 is 0. The first-order valence-corrected chi connectivity index (χ1v) is 8.10. The minimum Gasteiger partial charge on any atom is -0.388 e. The minimum atomic E-state index is -0.529. The van der Waals surface area contributed by atoms with Crippen LogP contribution in [0.1, 0.15) is 44.3 Å². The molecular formula is C17H27N3O2. The zero-order chi connectivity index (χ0) is 15.9. The molecule has 22 heavy (non-hydrogen) atoms. The molecule has 122 valence electrons. The second-order valence-electron chi connectivity index (χ2n) is 6.04. The van der Waals surface area contributed by atoms with E-state index in [1.807, 2.05) is 30.3 Å². The molecule has 1 heterocycles. The number of nitrogens with zero attached hydrogens (tertiary/aromatic N) is 1. The molecule has 1 aromatic carbocycles. The number of carbonyl (C=O) groups excluding carboxylic acids is 1. The smallest absolute Gasteiger partial charge is 0.240 e. The average Bonchev–Trinajstić information content (AvgIpc) is 3.01. The Balaban J connectivity index is 1.77. The lowest BCUT2D eigenvalue weighted by atomic mass is 10.0. The Labute approximate surface area is 132 Å². The maximum absolute atomic E-state index is 12.4. The molecule has 0 radical (unpaired) electrons. The van der Waals surface area contributed by atoms with Gasteiger partial charge in [-0.1, -0.05) is 43.7 Å². The molecule has 1 saturated heterocycles. The van der Waals surface area contributed by atoms with Crippen molar-refractivity contribution in [3.63, 3.8) is 0 Å². The van der Waals surface area contributed by atoms with Gasteiger partial charge in [0.05, 0.1) is 6.10 Å². The van der Waals surface area contributed by atoms with Gasteiger partial charge in [-0.25, -0.2) is 5.43 Å². The predicted octanol–water partition coefficient (Wildman–Crippen LogP) is 1.60. The fourth-order valence-electron chi connectivity index (χ4n) is 2.86. The molecule has 1 fully saturated rings. The molecule has 1 aliphatic rings. The fourth-order valence-corrected chi connectivity index (χ4v) is 2.86. The second-order valence-corrected chi connectivity index (χ2v) is 6.04. The third kappa shape index (κ3) is 4.53. The lowest BCUT2D eigenvalue weighted by Gasteiger charge is -2.22. The first kappa shape index (κ1) is 16.9. The number of aliphatic hydroxyl groups is 1. The van der Waals surface area contributed by atoms with E-state index in [2.05, 4.69) is 17.8 Å². The van der Waals surface area contributed by atoms with E-state index < -0.39 is 6.10 Å². The Hall–Kier alpha value is -1.43. The van der Waals surface area contributed by atoms with E-state index in [0.717, 1.165) is 24.8 Å². The Morgan fingerprint density at radius 2 is 2.09 bits per heavy atom. The van der Waals surface area contributed by atoms with Gasteiger partial charge in [0.25, 0.3) is 0 Å². The number of hydrazine groups is 1. The maximum Gasteiger partial charge on any atom is 0.240 e. The van der Waals surface area contributed by atoms with E-state index in [0.29, 0.717) is 19.0 Å². The van der Waals surface area contributed by atoms with Crippen molar-refractivity contribution in [3.8, 4) is 0 Å². The summed E-state index contributed by atoms with van der Waals surface area (Å²) in [6.45, 7) is 2.69. The van der Waals surface area contributed by atoms with E-state index in [9.17, 15) is 9.90 Å². The minimum absolute atomic E-state index is 0.0892. The predicted molar refractivity (Wildman–Crippen MR) is 87.0 cm³/mol. The number of nitrogens with one attached hydrogen (secondary N) is 2. The summed E-state index contributed by atoms with van der Waals surface area (Å²) in [5, 5.41) is 10.2. The summed E-state index contributed by atoms with van der Waals surface area (Å²) in [5.74, 6) is 0.0892. The van der Waals surface area contributed by atoms with Crippen LogP contribution >= 0.6 is 0 Å². The van der Waals surface area contributed by atoms with Crippen LogP contribution in [0.3, 0.4) is 0 Å². The van der Waals surface area contributed by atoms with Crippen LogP contribution in [0.4, 0.5) is 0 Å². The fraction of sp³-hybridized carbons (Fsp3) is 0.588. The number of benzene rings is 1. The van der Waals surface area contributed by atoms with E-state index >= 15 is 0 Å². The van der Waals surface area contributed by atoms with Gasteiger partial charge in [0.15, 0.2) is 0 Å². The Morgan fingerprint density at radius 1 is 1.36 bits per heavy atom. The Kier molecular flexibility index (Phi) is 6.36. The monoisotopic (exact) mass is 305 g/mol. The van der Waals surface area contributed by atoms with Crippen LogP contribution in [0.25, 0.3) is 0 Å². The highest BCUT2D eigenvalue weighted by Gasteiger charge is 2.30. The molecule has 1 aliphatic heterocycles. The summed E-state index contributed by atoms with van der Waals surface area (Å²) >= 11 is 0. The molecule has 3 N–H and O–H groups in total. The van der Waals surface area contributed by atoms with Gasteiger partial charge in [-0.2, -0.15) is 0 Å². The highest BCUT2D eigenvalue weighted by Crippen LogP contribution is 2.17. The number of likely N-dealkylation sites (N-methyl/N-ethyl adjacent to an activating group) is 1. The molecule has 0 aliphatic carbocycles. The van der Waals surface area contributed by atoms with Crippen molar-refractivity contribution < 1.29 is 9.90 Å². The topological polar surface area (TPSA) is 64.6 Å². The van der Waals surface area contributed by atoms with Gasteiger partial charge in [0.1, 0.15) is 6.04 Å². The second kappa shape index (κ2) is 8.27. The number of aliphatic hydroxyl groups excluding tert-OH is 1. The van der Waals surface area contributed by atoms with Crippen molar-refractivity contribution in [2.75, 3.05) is 13.6 Å². The lowest BCUT2D eigenvalue weighted by molar-refractivity contribution is -0.132. The third-order valence-electron chi connectivity index (χ3n) is 4.22. The molecule has 2 rings (SSSR count). The zero-order valence-electron chi connectivity index (χ0n) is 13.5. The van der Waals surface area contributed by atoms with E-state index in [1.54, 1.807) is 11.9 Å². The zero-order valence-corrected chi connectivity index (χ0v) is 13.5. The van der Waals surface area contributed by atoms with Gasteiger partial charge in [-0.3, -0.25) is 10.2 Å². The molecule has 3 atom stereocenters. The lowest BCUT2D eigenvalue weighted by Crippen LogP contribution is -2.44. The number of amides is 1.